The summed E-state index contributed by atoms with van der Waals surface area (Å²) in [5.74, 6) is 0.364. The van der Waals surface area contributed by atoms with Crippen molar-refractivity contribution in [2.75, 3.05) is 26.1 Å². The van der Waals surface area contributed by atoms with Crippen molar-refractivity contribution in [1.82, 2.24) is 0 Å². The van der Waals surface area contributed by atoms with E-state index in [1.54, 1.807) is 25.3 Å². The maximum absolute atomic E-state index is 10.9. The van der Waals surface area contributed by atoms with Crippen LogP contribution in [0.2, 0.25) is 0 Å². The van der Waals surface area contributed by atoms with Gasteiger partial charge in [0.05, 0.1) is 31.9 Å². The maximum Gasteiger partial charge on any atom is 0.307 e. The molecule has 0 saturated carbocycles. The zero-order chi connectivity index (χ0) is 12.7. The number of nitrogens with one attached hydrogen (secondary N) is 1. The lowest BCUT2D eigenvalue weighted by Crippen LogP contribution is -2.10. The van der Waals surface area contributed by atoms with Crippen LogP contribution in [-0.2, 0) is 9.53 Å². The molecule has 1 N–H and O–H groups in total. The first-order valence-corrected chi connectivity index (χ1v) is 5.10. The van der Waals surface area contributed by atoms with Crippen LogP contribution < -0.4 is 10.1 Å². The first kappa shape index (κ1) is 12.8. The van der Waals surface area contributed by atoms with Crippen molar-refractivity contribution in [3.63, 3.8) is 0 Å². The van der Waals surface area contributed by atoms with Gasteiger partial charge >= 0.3 is 5.97 Å². The molecule has 1 rings (SSSR count). The molecule has 0 amide bonds. The number of methoxy groups -OCH3 is 2. The molecule has 0 aliphatic heterocycles. The van der Waals surface area contributed by atoms with E-state index < -0.39 is 0 Å². The second kappa shape index (κ2) is 6.38. The minimum Gasteiger partial charge on any atom is -0.497 e. The second-order valence-electron chi connectivity index (χ2n) is 3.28. The molecule has 0 unspecified atom stereocenters. The molecular formula is C12H14N2O3. The van der Waals surface area contributed by atoms with Crippen molar-refractivity contribution in [1.29, 1.82) is 5.26 Å². The fourth-order valence-corrected chi connectivity index (χ4v) is 1.30. The number of nitriles is 1. The summed E-state index contributed by atoms with van der Waals surface area (Å²) < 4.78 is 9.58. The van der Waals surface area contributed by atoms with Gasteiger partial charge in [-0.25, -0.2) is 0 Å². The molecule has 5 heteroatoms. The number of anilines is 1. The summed E-state index contributed by atoms with van der Waals surface area (Å²) in [6, 6.07) is 7.16. The van der Waals surface area contributed by atoms with Gasteiger partial charge in [0, 0.05) is 12.6 Å². The lowest BCUT2D eigenvalue weighted by Gasteiger charge is -2.09. The van der Waals surface area contributed by atoms with Gasteiger partial charge in [0.1, 0.15) is 11.8 Å². The normalized spacial score (nSPS) is 9.24. The summed E-state index contributed by atoms with van der Waals surface area (Å²) in [5, 5.41) is 11.9. The van der Waals surface area contributed by atoms with Gasteiger partial charge in [0.2, 0.25) is 0 Å². The molecule has 1 aromatic rings. The third-order valence-electron chi connectivity index (χ3n) is 2.22. The topological polar surface area (TPSA) is 71.3 Å². The van der Waals surface area contributed by atoms with Gasteiger partial charge in [-0.2, -0.15) is 5.26 Å². The summed E-state index contributed by atoms with van der Waals surface area (Å²) >= 11 is 0. The molecule has 0 aliphatic carbocycles. The summed E-state index contributed by atoms with van der Waals surface area (Å²) in [7, 11) is 2.90. The molecule has 17 heavy (non-hydrogen) atoms. The van der Waals surface area contributed by atoms with Crippen LogP contribution in [0.1, 0.15) is 12.0 Å². The number of carbonyl (C=O) groups excluding carboxylic acids is 1. The highest BCUT2D eigenvalue weighted by Gasteiger charge is 2.05. The van der Waals surface area contributed by atoms with Crippen LogP contribution in [0.25, 0.3) is 0 Å². The van der Waals surface area contributed by atoms with Crippen LogP contribution in [0.5, 0.6) is 5.75 Å². The third-order valence-corrected chi connectivity index (χ3v) is 2.22. The van der Waals surface area contributed by atoms with E-state index in [1.807, 2.05) is 0 Å². The van der Waals surface area contributed by atoms with Gasteiger partial charge in [-0.15, -0.1) is 0 Å². The van der Waals surface area contributed by atoms with Gasteiger partial charge in [0.25, 0.3) is 0 Å². The fraction of sp³-hybridized carbons (Fsp3) is 0.333. The zero-order valence-corrected chi connectivity index (χ0v) is 9.82. The molecule has 1 aromatic carbocycles. The van der Waals surface area contributed by atoms with Crippen LogP contribution in [0, 0.1) is 11.3 Å². The second-order valence-corrected chi connectivity index (χ2v) is 3.28. The standard InChI is InChI=1S/C12H14N2O3/c1-16-10-4-3-9(8-13)11(7-10)14-6-5-12(15)17-2/h3-4,7,14H,5-6H2,1-2H3. The maximum atomic E-state index is 10.9. The number of hydrogen-bond donors (Lipinski definition) is 1. The SMILES string of the molecule is COC(=O)CCNc1cc(OC)ccc1C#N. The first-order valence-electron chi connectivity index (χ1n) is 5.10. The van der Waals surface area contributed by atoms with Gasteiger partial charge in [-0.1, -0.05) is 0 Å². The molecule has 0 fully saturated rings. The van der Waals surface area contributed by atoms with Gasteiger partial charge in [-0.3, -0.25) is 4.79 Å². The van der Waals surface area contributed by atoms with Crippen LogP contribution >= 0.6 is 0 Å². The highest BCUT2D eigenvalue weighted by Crippen LogP contribution is 2.21. The predicted molar refractivity (Wildman–Crippen MR) is 62.8 cm³/mol. The van der Waals surface area contributed by atoms with E-state index in [1.165, 1.54) is 7.11 Å². The summed E-state index contributed by atoms with van der Waals surface area (Å²) in [6.07, 6.45) is 0.249. The molecule has 0 heterocycles. The Morgan fingerprint density at radius 3 is 2.82 bits per heavy atom. The Hall–Kier alpha value is -2.22. The van der Waals surface area contributed by atoms with Crippen LogP contribution in [0.15, 0.2) is 18.2 Å². The quantitative estimate of drug-likeness (QED) is 0.782. The largest absolute Gasteiger partial charge is 0.497 e. The lowest BCUT2D eigenvalue weighted by molar-refractivity contribution is -0.140. The Labute approximate surface area is 100.0 Å². The summed E-state index contributed by atoms with van der Waals surface area (Å²) in [5.41, 5.74) is 1.16. The molecule has 5 nitrogen and oxygen atoms in total. The Morgan fingerprint density at radius 2 is 2.24 bits per heavy atom. The van der Waals surface area contributed by atoms with Crippen molar-refractivity contribution >= 4 is 11.7 Å². The number of rotatable bonds is 5. The van der Waals surface area contributed by atoms with Crippen molar-refractivity contribution in [2.24, 2.45) is 0 Å². The van der Waals surface area contributed by atoms with E-state index in [0.29, 0.717) is 23.5 Å². The average molecular weight is 234 g/mol. The highest BCUT2D eigenvalue weighted by atomic mass is 16.5. The van der Waals surface area contributed by atoms with E-state index in [-0.39, 0.29) is 12.4 Å². The van der Waals surface area contributed by atoms with Crippen molar-refractivity contribution in [2.45, 2.75) is 6.42 Å². The number of carbonyl (C=O) groups is 1. The van der Waals surface area contributed by atoms with Gasteiger partial charge < -0.3 is 14.8 Å². The van der Waals surface area contributed by atoms with E-state index in [9.17, 15) is 4.79 Å². The Bertz CT molecular complexity index is 438. The Balaban J connectivity index is 2.68. The van der Waals surface area contributed by atoms with Gasteiger partial charge in [-0.05, 0) is 12.1 Å². The smallest absolute Gasteiger partial charge is 0.307 e. The van der Waals surface area contributed by atoms with Crippen molar-refractivity contribution < 1.29 is 14.3 Å². The Morgan fingerprint density at radius 1 is 1.47 bits per heavy atom. The van der Waals surface area contributed by atoms with Crippen LogP contribution in [0.4, 0.5) is 5.69 Å². The first-order chi connectivity index (χ1) is 8.21. The Kier molecular flexibility index (Phi) is 4.82. The molecule has 0 atom stereocenters. The van der Waals surface area contributed by atoms with Gasteiger partial charge in [0.15, 0.2) is 0 Å². The number of benzene rings is 1. The summed E-state index contributed by atoms with van der Waals surface area (Å²) in [4.78, 5) is 10.9. The fourth-order valence-electron chi connectivity index (χ4n) is 1.30. The molecule has 0 aliphatic rings. The van der Waals surface area contributed by atoms with Crippen molar-refractivity contribution in [3.05, 3.63) is 23.8 Å². The number of esters is 1. The monoisotopic (exact) mass is 234 g/mol. The highest BCUT2D eigenvalue weighted by molar-refractivity contribution is 5.70. The zero-order valence-electron chi connectivity index (χ0n) is 9.82. The molecule has 0 bridgehead atoms. The number of hydrogen-bond acceptors (Lipinski definition) is 5. The van der Waals surface area contributed by atoms with E-state index >= 15 is 0 Å². The van der Waals surface area contributed by atoms with E-state index in [0.717, 1.165) is 0 Å². The molecule has 0 radical (unpaired) electrons. The number of nitrogens with zero attached hydrogens (tertiary/aromatic N) is 1. The minimum atomic E-state index is -0.293. The van der Waals surface area contributed by atoms with Crippen LogP contribution in [-0.4, -0.2) is 26.7 Å². The molecule has 0 saturated heterocycles. The molecule has 0 aromatic heterocycles. The van der Waals surface area contributed by atoms with E-state index in [4.69, 9.17) is 10.00 Å². The summed E-state index contributed by atoms with van der Waals surface area (Å²) in [6.45, 7) is 0.411. The number of ether oxygens (including phenoxy) is 2. The minimum absolute atomic E-state index is 0.249. The van der Waals surface area contributed by atoms with Crippen LogP contribution in [0.3, 0.4) is 0 Å². The molecular weight excluding hydrogens is 220 g/mol. The van der Waals surface area contributed by atoms with E-state index in [2.05, 4.69) is 16.1 Å². The molecule has 0 spiro atoms. The predicted octanol–water partition coefficient (Wildman–Crippen LogP) is 1.54. The lowest BCUT2D eigenvalue weighted by atomic mass is 10.2. The van der Waals surface area contributed by atoms with Crippen molar-refractivity contribution in [3.8, 4) is 11.8 Å². The third kappa shape index (κ3) is 3.68. The molecule has 90 valence electrons. The average Bonchev–Trinajstić information content (AvgIpc) is 2.38.